The van der Waals surface area contributed by atoms with Crippen LogP contribution in [0.1, 0.15) is 10.4 Å². The SMILES string of the molecule is COC(=O)C(I)CNC(=O)c1ccc([N+](=O)[O-])cc1. The van der Waals surface area contributed by atoms with Gasteiger partial charge >= 0.3 is 5.97 Å². The number of amides is 1. The van der Waals surface area contributed by atoms with Crippen LogP contribution in [-0.2, 0) is 9.53 Å². The van der Waals surface area contributed by atoms with Gasteiger partial charge in [0.15, 0.2) is 0 Å². The summed E-state index contributed by atoms with van der Waals surface area (Å²) >= 11 is 1.86. The average molecular weight is 378 g/mol. The number of nitro benzene ring substituents is 1. The highest BCUT2D eigenvalue weighted by Gasteiger charge is 2.16. The molecule has 0 saturated carbocycles. The Hall–Kier alpha value is -1.71. The van der Waals surface area contributed by atoms with Crippen LogP contribution < -0.4 is 5.32 Å². The molecule has 1 aromatic carbocycles. The molecule has 1 unspecified atom stereocenters. The summed E-state index contributed by atoms with van der Waals surface area (Å²) in [5.74, 6) is -0.829. The summed E-state index contributed by atoms with van der Waals surface area (Å²) in [7, 11) is 1.27. The summed E-state index contributed by atoms with van der Waals surface area (Å²) < 4.78 is 4.04. The maximum absolute atomic E-state index is 11.7. The Balaban J connectivity index is 2.59. The number of nitro groups is 1. The number of non-ortho nitro benzene ring substituents is 1. The number of benzene rings is 1. The smallest absolute Gasteiger partial charge is 0.320 e. The van der Waals surface area contributed by atoms with E-state index in [0.717, 1.165) is 0 Å². The fourth-order valence-corrected chi connectivity index (χ4v) is 1.70. The lowest BCUT2D eigenvalue weighted by Gasteiger charge is -2.09. The van der Waals surface area contributed by atoms with E-state index in [1.165, 1.54) is 31.4 Å². The van der Waals surface area contributed by atoms with Crippen molar-refractivity contribution in [1.29, 1.82) is 0 Å². The van der Waals surface area contributed by atoms with Crippen LogP contribution in [0.15, 0.2) is 24.3 Å². The fraction of sp³-hybridized carbons (Fsp3) is 0.273. The molecule has 1 atom stereocenters. The molecule has 1 aromatic rings. The summed E-state index contributed by atoms with van der Waals surface area (Å²) in [6, 6.07) is 5.20. The van der Waals surface area contributed by atoms with Gasteiger partial charge in [0, 0.05) is 24.2 Å². The van der Waals surface area contributed by atoms with Crippen molar-refractivity contribution in [2.24, 2.45) is 0 Å². The largest absolute Gasteiger partial charge is 0.468 e. The van der Waals surface area contributed by atoms with Gasteiger partial charge in [0.25, 0.3) is 11.6 Å². The van der Waals surface area contributed by atoms with Crippen molar-refractivity contribution in [3.05, 3.63) is 39.9 Å². The first-order chi connectivity index (χ1) is 8.95. The number of hydrogen-bond donors (Lipinski definition) is 1. The van der Waals surface area contributed by atoms with Crippen LogP contribution in [0.25, 0.3) is 0 Å². The molecular formula is C11H11IN2O5. The molecule has 19 heavy (non-hydrogen) atoms. The minimum absolute atomic E-state index is 0.0853. The van der Waals surface area contributed by atoms with Crippen molar-refractivity contribution in [3.8, 4) is 0 Å². The molecule has 0 heterocycles. The Bertz CT molecular complexity index is 488. The number of esters is 1. The lowest BCUT2D eigenvalue weighted by molar-refractivity contribution is -0.384. The van der Waals surface area contributed by atoms with E-state index in [-0.39, 0.29) is 12.2 Å². The van der Waals surface area contributed by atoms with Crippen molar-refractivity contribution >= 4 is 40.2 Å². The summed E-state index contributed by atoms with van der Waals surface area (Å²) in [6.07, 6.45) is 0. The van der Waals surface area contributed by atoms with Gasteiger partial charge in [-0.2, -0.15) is 0 Å². The maximum Gasteiger partial charge on any atom is 0.320 e. The second-order valence-corrected chi connectivity index (χ2v) is 5.01. The van der Waals surface area contributed by atoms with Gasteiger partial charge in [0.1, 0.15) is 3.92 Å². The highest BCUT2D eigenvalue weighted by molar-refractivity contribution is 14.1. The van der Waals surface area contributed by atoms with E-state index in [4.69, 9.17) is 0 Å². The summed E-state index contributed by atoms with van der Waals surface area (Å²) in [5.41, 5.74) is 0.206. The monoisotopic (exact) mass is 378 g/mol. The Morgan fingerprint density at radius 3 is 2.47 bits per heavy atom. The Morgan fingerprint density at radius 2 is 2.00 bits per heavy atom. The molecule has 102 valence electrons. The number of methoxy groups -OCH3 is 1. The van der Waals surface area contributed by atoms with Gasteiger partial charge in [-0.05, 0) is 12.1 Å². The molecule has 0 aliphatic heterocycles. The van der Waals surface area contributed by atoms with Gasteiger partial charge in [-0.1, -0.05) is 22.6 Å². The molecule has 7 nitrogen and oxygen atoms in total. The summed E-state index contributed by atoms with van der Waals surface area (Å²) in [5, 5.41) is 13.0. The molecule has 8 heteroatoms. The molecule has 0 saturated heterocycles. The summed E-state index contributed by atoms with van der Waals surface area (Å²) in [4.78, 5) is 32.7. The van der Waals surface area contributed by atoms with E-state index >= 15 is 0 Å². The van der Waals surface area contributed by atoms with E-state index in [2.05, 4.69) is 10.1 Å². The fourth-order valence-electron chi connectivity index (χ4n) is 1.23. The topological polar surface area (TPSA) is 98.5 Å². The van der Waals surface area contributed by atoms with Crippen LogP contribution in [0.3, 0.4) is 0 Å². The molecule has 0 bridgehead atoms. The molecule has 0 spiro atoms. The van der Waals surface area contributed by atoms with Crippen LogP contribution in [0.5, 0.6) is 0 Å². The van der Waals surface area contributed by atoms with E-state index in [0.29, 0.717) is 5.56 Å². The zero-order valence-electron chi connectivity index (χ0n) is 9.96. The third-order valence-corrected chi connectivity index (χ3v) is 3.19. The second kappa shape index (κ2) is 7.02. The van der Waals surface area contributed by atoms with Crippen molar-refractivity contribution in [1.82, 2.24) is 5.32 Å². The molecule has 0 aromatic heterocycles. The van der Waals surface area contributed by atoms with Gasteiger partial charge in [-0.15, -0.1) is 0 Å². The van der Waals surface area contributed by atoms with E-state index < -0.39 is 20.7 Å². The number of ether oxygens (including phenoxy) is 1. The van der Waals surface area contributed by atoms with Gasteiger partial charge in [-0.25, -0.2) is 0 Å². The number of nitrogens with one attached hydrogen (secondary N) is 1. The first kappa shape index (κ1) is 15.3. The molecule has 0 aliphatic rings. The minimum atomic E-state index is -0.542. The highest BCUT2D eigenvalue weighted by Crippen LogP contribution is 2.12. The molecule has 1 N–H and O–H groups in total. The Labute approximate surface area is 122 Å². The van der Waals surface area contributed by atoms with Crippen molar-refractivity contribution in [3.63, 3.8) is 0 Å². The van der Waals surface area contributed by atoms with Gasteiger partial charge in [0.2, 0.25) is 0 Å². The number of hydrogen-bond acceptors (Lipinski definition) is 5. The second-order valence-electron chi connectivity index (χ2n) is 3.50. The van der Waals surface area contributed by atoms with Crippen LogP contribution in [0, 0.1) is 10.1 Å². The van der Waals surface area contributed by atoms with Gasteiger partial charge < -0.3 is 10.1 Å². The number of rotatable bonds is 5. The standard InChI is InChI=1S/C11H11IN2O5/c1-19-11(16)9(12)6-13-10(15)7-2-4-8(5-3-7)14(17)18/h2-5,9H,6H2,1H3,(H,13,15). The minimum Gasteiger partial charge on any atom is -0.468 e. The first-order valence-corrected chi connectivity index (χ1v) is 6.45. The van der Waals surface area contributed by atoms with Gasteiger partial charge in [-0.3, -0.25) is 19.7 Å². The molecule has 1 amide bonds. The number of alkyl halides is 1. The zero-order chi connectivity index (χ0) is 14.4. The number of halogens is 1. The normalized spacial score (nSPS) is 11.5. The average Bonchev–Trinajstić information content (AvgIpc) is 2.43. The quantitative estimate of drug-likeness (QED) is 0.274. The number of carbonyl (C=O) groups excluding carboxylic acids is 2. The molecule has 0 radical (unpaired) electrons. The van der Waals surface area contributed by atoms with Crippen molar-refractivity contribution in [2.45, 2.75) is 3.92 Å². The predicted molar refractivity (Wildman–Crippen MR) is 75.3 cm³/mol. The predicted octanol–water partition coefficient (Wildman–Crippen LogP) is 1.30. The van der Waals surface area contributed by atoms with E-state index in [1.807, 2.05) is 22.6 Å². The third kappa shape index (κ3) is 4.47. The molecule has 0 fully saturated rings. The number of carbonyl (C=O) groups is 2. The third-order valence-electron chi connectivity index (χ3n) is 2.24. The van der Waals surface area contributed by atoms with E-state index in [9.17, 15) is 19.7 Å². The lowest BCUT2D eigenvalue weighted by atomic mass is 10.2. The lowest BCUT2D eigenvalue weighted by Crippen LogP contribution is -2.33. The van der Waals surface area contributed by atoms with Gasteiger partial charge in [0.05, 0.1) is 12.0 Å². The van der Waals surface area contributed by atoms with Crippen LogP contribution in [0.2, 0.25) is 0 Å². The number of nitrogens with zero attached hydrogens (tertiary/aromatic N) is 1. The van der Waals surface area contributed by atoms with Crippen molar-refractivity contribution in [2.75, 3.05) is 13.7 Å². The first-order valence-electron chi connectivity index (χ1n) is 5.20. The molecule has 1 rings (SSSR count). The van der Waals surface area contributed by atoms with Crippen LogP contribution in [-0.4, -0.2) is 34.4 Å². The molecule has 0 aliphatic carbocycles. The van der Waals surface area contributed by atoms with E-state index in [1.54, 1.807) is 0 Å². The van der Waals surface area contributed by atoms with Crippen LogP contribution >= 0.6 is 22.6 Å². The maximum atomic E-state index is 11.7. The Morgan fingerprint density at radius 1 is 1.42 bits per heavy atom. The van der Waals surface area contributed by atoms with Crippen molar-refractivity contribution < 1.29 is 19.2 Å². The van der Waals surface area contributed by atoms with Crippen LogP contribution in [0.4, 0.5) is 5.69 Å². The Kier molecular flexibility index (Phi) is 5.67. The highest BCUT2D eigenvalue weighted by atomic mass is 127. The summed E-state index contributed by atoms with van der Waals surface area (Å²) in [6.45, 7) is 0.128. The zero-order valence-corrected chi connectivity index (χ0v) is 12.1. The molecular weight excluding hydrogens is 367 g/mol.